The number of amides is 2. The average Bonchev–Trinajstić information content (AvgIpc) is 3.34. The first-order valence-electron chi connectivity index (χ1n) is 9.37. The summed E-state index contributed by atoms with van der Waals surface area (Å²) in [7, 11) is 3.55. The standard InChI is InChI=1S/C20H24N4O4/c1-23-9-8-21-19(23)20(27-2)12-24(13-20)18(26)14-5-3-6-15(11-14)22-17(25)16-7-4-10-28-16/h3,5-6,8-9,11,16H,4,7,10,12-13H2,1-2H3,(H,22,25). The van der Waals surface area contributed by atoms with E-state index in [2.05, 4.69) is 10.3 Å². The number of carbonyl (C=O) groups is 2. The lowest BCUT2D eigenvalue weighted by molar-refractivity contribution is -0.124. The van der Waals surface area contributed by atoms with E-state index in [0.29, 0.717) is 30.9 Å². The molecule has 1 N–H and O–H groups in total. The zero-order valence-corrected chi connectivity index (χ0v) is 16.1. The molecule has 4 rings (SSSR count). The summed E-state index contributed by atoms with van der Waals surface area (Å²) < 4.78 is 13.0. The average molecular weight is 384 g/mol. The van der Waals surface area contributed by atoms with Gasteiger partial charge in [-0.25, -0.2) is 4.98 Å². The number of aryl methyl sites for hydroxylation is 1. The van der Waals surface area contributed by atoms with Crippen molar-refractivity contribution in [2.24, 2.45) is 7.05 Å². The van der Waals surface area contributed by atoms with Gasteiger partial charge in [0, 0.05) is 44.4 Å². The summed E-state index contributed by atoms with van der Waals surface area (Å²) in [6, 6.07) is 6.98. The highest BCUT2D eigenvalue weighted by Crippen LogP contribution is 2.35. The summed E-state index contributed by atoms with van der Waals surface area (Å²) in [4.78, 5) is 31.2. The van der Waals surface area contributed by atoms with Crippen molar-refractivity contribution in [3.63, 3.8) is 0 Å². The molecule has 2 fully saturated rings. The molecule has 0 spiro atoms. The van der Waals surface area contributed by atoms with E-state index in [4.69, 9.17) is 9.47 Å². The number of imidazole rings is 1. The van der Waals surface area contributed by atoms with Gasteiger partial charge in [0.05, 0.1) is 13.1 Å². The molecule has 28 heavy (non-hydrogen) atoms. The molecule has 2 aliphatic rings. The van der Waals surface area contributed by atoms with Crippen LogP contribution in [0.1, 0.15) is 29.0 Å². The summed E-state index contributed by atoms with van der Waals surface area (Å²) in [6.07, 6.45) is 4.80. The molecule has 0 bridgehead atoms. The van der Waals surface area contributed by atoms with Crippen LogP contribution in [0.25, 0.3) is 0 Å². The monoisotopic (exact) mass is 384 g/mol. The smallest absolute Gasteiger partial charge is 0.254 e. The lowest BCUT2D eigenvalue weighted by atomic mass is 9.91. The number of nitrogens with one attached hydrogen (secondary N) is 1. The summed E-state index contributed by atoms with van der Waals surface area (Å²) in [6.45, 7) is 1.47. The molecular weight excluding hydrogens is 360 g/mol. The van der Waals surface area contributed by atoms with Crippen molar-refractivity contribution in [1.29, 1.82) is 0 Å². The molecule has 2 amide bonds. The third-order valence-electron chi connectivity index (χ3n) is 5.40. The highest BCUT2D eigenvalue weighted by Gasteiger charge is 2.49. The third kappa shape index (κ3) is 3.29. The molecule has 8 nitrogen and oxygen atoms in total. The van der Waals surface area contributed by atoms with Gasteiger partial charge in [0.15, 0.2) is 5.60 Å². The lowest BCUT2D eigenvalue weighted by Crippen LogP contribution is -2.63. The number of likely N-dealkylation sites (tertiary alicyclic amines) is 1. The third-order valence-corrected chi connectivity index (χ3v) is 5.40. The predicted octanol–water partition coefficient (Wildman–Crippen LogP) is 1.54. The zero-order chi connectivity index (χ0) is 19.7. The summed E-state index contributed by atoms with van der Waals surface area (Å²) in [5.74, 6) is 0.533. The second-order valence-corrected chi connectivity index (χ2v) is 7.29. The molecule has 1 unspecified atom stereocenters. The minimum atomic E-state index is -0.584. The number of rotatable bonds is 5. The maximum Gasteiger partial charge on any atom is 0.254 e. The van der Waals surface area contributed by atoms with Crippen LogP contribution in [0.5, 0.6) is 0 Å². The normalized spacial score (nSPS) is 20.6. The second kappa shape index (κ2) is 7.37. The number of carbonyl (C=O) groups excluding carboxylic acids is 2. The van der Waals surface area contributed by atoms with Crippen LogP contribution < -0.4 is 5.32 Å². The van der Waals surface area contributed by atoms with Gasteiger partial charge in [0.1, 0.15) is 11.9 Å². The fourth-order valence-electron chi connectivity index (χ4n) is 3.80. The first-order chi connectivity index (χ1) is 13.5. The Kier molecular flexibility index (Phi) is 4.91. The predicted molar refractivity (Wildman–Crippen MR) is 102 cm³/mol. The Hall–Kier alpha value is -2.71. The van der Waals surface area contributed by atoms with E-state index in [0.717, 1.165) is 18.7 Å². The molecule has 1 aromatic heterocycles. The number of hydrogen-bond donors (Lipinski definition) is 1. The Morgan fingerprint density at radius 1 is 1.36 bits per heavy atom. The van der Waals surface area contributed by atoms with Crippen LogP contribution in [0.3, 0.4) is 0 Å². The van der Waals surface area contributed by atoms with Crippen molar-refractivity contribution in [3.8, 4) is 0 Å². The minimum absolute atomic E-state index is 0.102. The van der Waals surface area contributed by atoms with Gasteiger partial charge in [-0.3, -0.25) is 9.59 Å². The Morgan fingerprint density at radius 3 is 2.82 bits per heavy atom. The molecule has 1 aromatic carbocycles. The van der Waals surface area contributed by atoms with E-state index in [1.807, 2.05) is 17.8 Å². The molecule has 1 atom stereocenters. The van der Waals surface area contributed by atoms with E-state index >= 15 is 0 Å². The molecule has 2 saturated heterocycles. The largest absolute Gasteiger partial charge is 0.368 e. The van der Waals surface area contributed by atoms with Gasteiger partial charge in [-0.05, 0) is 31.0 Å². The number of benzene rings is 1. The van der Waals surface area contributed by atoms with Crippen LogP contribution in [0, 0.1) is 0 Å². The van der Waals surface area contributed by atoms with Crippen molar-refractivity contribution < 1.29 is 19.1 Å². The van der Waals surface area contributed by atoms with Gasteiger partial charge < -0.3 is 24.3 Å². The molecule has 2 aromatic rings. The molecule has 0 aliphatic carbocycles. The quantitative estimate of drug-likeness (QED) is 0.845. The van der Waals surface area contributed by atoms with Crippen LogP contribution in [0.4, 0.5) is 5.69 Å². The molecular formula is C20H24N4O4. The fraction of sp³-hybridized carbons (Fsp3) is 0.450. The Bertz CT molecular complexity index is 882. The van der Waals surface area contributed by atoms with Gasteiger partial charge in [-0.2, -0.15) is 0 Å². The molecule has 2 aliphatic heterocycles. The Balaban J connectivity index is 1.43. The SMILES string of the molecule is COC1(c2nccn2C)CN(C(=O)c2cccc(NC(=O)C3CCCO3)c2)C1. The maximum absolute atomic E-state index is 12.9. The highest BCUT2D eigenvalue weighted by atomic mass is 16.5. The van der Waals surface area contributed by atoms with Crippen LogP contribution in [-0.4, -0.2) is 59.2 Å². The maximum atomic E-state index is 12.9. The van der Waals surface area contributed by atoms with Gasteiger partial charge >= 0.3 is 0 Å². The number of hydrogen-bond acceptors (Lipinski definition) is 5. The van der Waals surface area contributed by atoms with Gasteiger partial charge in [0.25, 0.3) is 11.8 Å². The molecule has 0 radical (unpaired) electrons. The van der Waals surface area contributed by atoms with E-state index in [-0.39, 0.29) is 11.8 Å². The van der Waals surface area contributed by atoms with Gasteiger partial charge in [-0.15, -0.1) is 0 Å². The van der Waals surface area contributed by atoms with Crippen LogP contribution in [0.2, 0.25) is 0 Å². The molecule has 148 valence electrons. The Morgan fingerprint density at radius 2 is 2.18 bits per heavy atom. The fourth-order valence-corrected chi connectivity index (χ4v) is 3.80. The molecule has 8 heteroatoms. The highest BCUT2D eigenvalue weighted by molar-refractivity contribution is 5.98. The van der Waals surface area contributed by atoms with E-state index in [1.54, 1.807) is 42.5 Å². The lowest BCUT2D eigenvalue weighted by Gasteiger charge is -2.48. The number of aromatic nitrogens is 2. The van der Waals surface area contributed by atoms with E-state index in [1.165, 1.54) is 0 Å². The van der Waals surface area contributed by atoms with Crippen molar-refractivity contribution in [2.75, 3.05) is 32.1 Å². The summed E-state index contributed by atoms with van der Waals surface area (Å²) in [5, 5.41) is 2.84. The van der Waals surface area contributed by atoms with E-state index in [9.17, 15) is 9.59 Å². The van der Waals surface area contributed by atoms with Gasteiger partial charge in [0.2, 0.25) is 0 Å². The van der Waals surface area contributed by atoms with Gasteiger partial charge in [-0.1, -0.05) is 6.07 Å². The first-order valence-corrected chi connectivity index (χ1v) is 9.37. The summed E-state index contributed by atoms with van der Waals surface area (Å²) in [5.41, 5.74) is 0.531. The van der Waals surface area contributed by atoms with Crippen LogP contribution in [-0.2, 0) is 26.9 Å². The number of methoxy groups -OCH3 is 1. The van der Waals surface area contributed by atoms with Crippen molar-refractivity contribution in [1.82, 2.24) is 14.5 Å². The van der Waals surface area contributed by atoms with Crippen LogP contribution >= 0.6 is 0 Å². The summed E-state index contributed by atoms with van der Waals surface area (Å²) >= 11 is 0. The molecule has 3 heterocycles. The topological polar surface area (TPSA) is 85.7 Å². The number of anilines is 1. The molecule has 0 saturated carbocycles. The number of ether oxygens (including phenoxy) is 2. The van der Waals surface area contributed by atoms with Crippen molar-refractivity contribution in [3.05, 3.63) is 48.0 Å². The van der Waals surface area contributed by atoms with Crippen molar-refractivity contribution >= 4 is 17.5 Å². The second-order valence-electron chi connectivity index (χ2n) is 7.29. The van der Waals surface area contributed by atoms with E-state index < -0.39 is 11.7 Å². The number of nitrogens with zero attached hydrogens (tertiary/aromatic N) is 3. The van der Waals surface area contributed by atoms with Crippen molar-refractivity contribution in [2.45, 2.75) is 24.5 Å². The first kappa shape index (κ1) is 18.6. The Labute approximate surface area is 163 Å². The zero-order valence-electron chi connectivity index (χ0n) is 16.1. The minimum Gasteiger partial charge on any atom is -0.368 e. The van der Waals surface area contributed by atoms with Crippen LogP contribution in [0.15, 0.2) is 36.7 Å².